The highest BCUT2D eigenvalue weighted by molar-refractivity contribution is 5.96. The molecule has 1 aliphatic rings. The molecule has 27 heavy (non-hydrogen) atoms. The van der Waals surface area contributed by atoms with E-state index in [9.17, 15) is 14.4 Å². The Kier molecular flexibility index (Phi) is 6.17. The number of rotatable bonds is 5. The van der Waals surface area contributed by atoms with Gasteiger partial charge in [-0.25, -0.2) is 0 Å². The van der Waals surface area contributed by atoms with Crippen molar-refractivity contribution in [2.45, 2.75) is 12.5 Å². The number of hydrazine groups is 1. The molecule has 3 N–H and O–H groups in total. The van der Waals surface area contributed by atoms with Gasteiger partial charge in [0.2, 0.25) is 5.91 Å². The molecule has 2 aromatic rings. The number of benzene rings is 2. The molecule has 3 amide bonds. The number of ether oxygens (including phenoxy) is 1. The SMILES string of the molecule is O=C(CNC(=O)c1ccccc1)NNC(=O)[C@H]1CCO[C@@H]1c1ccccc1. The molecule has 7 heteroatoms. The van der Waals surface area contributed by atoms with Gasteiger partial charge in [-0.3, -0.25) is 25.2 Å². The third-order valence-corrected chi connectivity index (χ3v) is 4.33. The van der Waals surface area contributed by atoms with Crippen LogP contribution < -0.4 is 16.2 Å². The van der Waals surface area contributed by atoms with Crippen molar-refractivity contribution in [3.63, 3.8) is 0 Å². The molecule has 1 saturated heterocycles. The van der Waals surface area contributed by atoms with Gasteiger partial charge in [-0.15, -0.1) is 0 Å². The summed E-state index contributed by atoms with van der Waals surface area (Å²) in [6.45, 7) is 0.246. The van der Waals surface area contributed by atoms with Gasteiger partial charge in [-0.2, -0.15) is 0 Å². The van der Waals surface area contributed by atoms with Crippen LogP contribution in [-0.4, -0.2) is 30.9 Å². The van der Waals surface area contributed by atoms with Crippen molar-refractivity contribution >= 4 is 17.7 Å². The van der Waals surface area contributed by atoms with E-state index in [4.69, 9.17) is 4.74 Å². The van der Waals surface area contributed by atoms with Crippen LogP contribution in [0.4, 0.5) is 0 Å². The van der Waals surface area contributed by atoms with Crippen LogP contribution in [0.2, 0.25) is 0 Å². The zero-order chi connectivity index (χ0) is 19.1. The van der Waals surface area contributed by atoms with Gasteiger partial charge in [0.15, 0.2) is 0 Å². The maximum atomic E-state index is 12.4. The zero-order valence-electron chi connectivity index (χ0n) is 14.7. The minimum atomic E-state index is -0.511. The van der Waals surface area contributed by atoms with E-state index in [1.807, 2.05) is 30.3 Å². The standard InChI is InChI=1S/C20H21N3O4/c24-17(13-21-19(25)15-9-5-2-6-10-15)22-23-20(26)16-11-12-27-18(16)14-7-3-1-4-8-14/h1-10,16,18H,11-13H2,(H,21,25)(H,22,24)(H,23,26)/t16-,18+/m0/s1. The minimum absolute atomic E-state index is 0.239. The quantitative estimate of drug-likeness (QED) is 0.695. The molecule has 2 atom stereocenters. The summed E-state index contributed by atoms with van der Waals surface area (Å²) in [7, 11) is 0. The molecule has 2 aromatic carbocycles. The Morgan fingerprint density at radius 3 is 2.30 bits per heavy atom. The predicted molar refractivity (Wildman–Crippen MR) is 98.3 cm³/mol. The highest BCUT2D eigenvalue weighted by Crippen LogP contribution is 2.34. The van der Waals surface area contributed by atoms with Crippen LogP contribution in [0.5, 0.6) is 0 Å². The Morgan fingerprint density at radius 1 is 0.926 bits per heavy atom. The lowest BCUT2D eigenvalue weighted by atomic mass is 9.95. The highest BCUT2D eigenvalue weighted by Gasteiger charge is 2.35. The number of carbonyl (C=O) groups excluding carboxylic acids is 3. The Morgan fingerprint density at radius 2 is 1.59 bits per heavy atom. The number of nitrogens with one attached hydrogen (secondary N) is 3. The number of hydrogen-bond donors (Lipinski definition) is 3. The second-order valence-electron chi connectivity index (χ2n) is 6.18. The Labute approximate surface area is 157 Å². The third kappa shape index (κ3) is 4.92. The van der Waals surface area contributed by atoms with Gasteiger partial charge in [-0.1, -0.05) is 48.5 Å². The second-order valence-corrected chi connectivity index (χ2v) is 6.18. The first kappa shape index (κ1) is 18.6. The molecular weight excluding hydrogens is 346 g/mol. The van der Waals surface area contributed by atoms with Crippen molar-refractivity contribution in [1.29, 1.82) is 0 Å². The molecule has 0 aliphatic carbocycles. The average Bonchev–Trinajstić information content (AvgIpc) is 3.21. The van der Waals surface area contributed by atoms with Gasteiger partial charge in [0.25, 0.3) is 11.8 Å². The summed E-state index contributed by atoms with van der Waals surface area (Å²) < 4.78 is 5.68. The molecule has 1 heterocycles. The average molecular weight is 367 g/mol. The Hall–Kier alpha value is -3.19. The summed E-state index contributed by atoms with van der Waals surface area (Å²) in [5.74, 6) is -1.57. The largest absolute Gasteiger partial charge is 0.373 e. The molecule has 0 spiro atoms. The van der Waals surface area contributed by atoms with Crippen molar-refractivity contribution in [2.75, 3.05) is 13.2 Å². The zero-order valence-corrected chi connectivity index (χ0v) is 14.7. The van der Waals surface area contributed by atoms with E-state index < -0.39 is 5.91 Å². The predicted octanol–water partition coefficient (Wildman–Crippen LogP) is 1.34. The second kappa shape index (κ2) is 8.95. The van der Waals surface area contributed by atoms with Gasteiger partial charge >= 0.3 is 0 Å². The normalized spacial score (nSPS) is 18.5. The first-order valence-electron chi connectivity index (χ1n) is 8.73. The van der Waals surface area contributed by atoms with Crippen molar-refractivity contribution in [2.24, 2.45) is 5.92 Å². The molecule has 3 rings (SSSR count). The molecule has 0 saturated carbocycles. The van der Waals surface area contributed by atoms with E-state index in [2.05, 4.69) is 16.2 Å². The van der Waals surface area contributed by atoms with Crippen LogP contribution >= 0.6 is 0 Å². The first-order chi connectivity index (χ1) is 13.1. The highest BCUT2D eigenvalue weighted by atomic mass is 16.5. The molecule has 140 valence electrons. The summed E-state index contributed by atoms with van der Waals surface area (Å²) in [5, 5.41) is 2.50. The van der Waals surface area contributed by atoms with E-state index in [-0.39, 0.29) is 30.4 Å². The van der Waals surface area contributed by atoms with E-state index in [0.717, 1.165) is 5.56 Å². The summed E-state index contributed by atoms with van der Waals surface area (Å²) in [4.78, 5) is 36.2. The van der Waals surface area contributed by atoms with Crippen LogP contribution in [0, 0.1) is 5.92 Å². The maximum absolute atomic E-state index is 12.4. The fraction of sp³-hybridized carbons (Fsp3) is 0.250. The van der Waals surface area contributed by atoms with Gasteiger partial charge in [0.05, 0.1) is 18.6 Å². The fourth-order valence-electron chi connectivity index (χ4n) is 2.95. The lowest BCUT2D eigenvalue weighted by Crippen LogP contribution is -2.48. The maximum Gasteiger partial charge on any atom is 0.257 e. The molecular formula is C20H21N3O4. The Bertz CT molecular complexity index is 795. The summed E-state index contributed by atoms with van der Waals surface area (Å²) in [6.07, 6.45) is 0.243. The fourth-order valence-corrected chi connectivity index (χ4v) is 2.95. The van der Waals surface area contributed by atoms with Crippen LogP contribution in [0.3, 0.4) is 0 Å². The van der Waals surface area contributed by atoms with E-state index in [0.29, 0.717) is 18.6 Å². The summed E-state index contributed by atoms with van der Waals surface area (Å²) >= 11 is 0. The molecule has 0 radical (unpaired) electrons. The van der Waals surface area contributed by atoms with Crippen molar-refractivity contribution < 1.29 is 19.1 Å². The molecule has 1 fully saturated rings. The molecule has 0 bridgehead atoms. The molecule has 0 unspecified atom stereocenters. The first-order valence-corrected chi connectivity index (χ1v) is 8.73. The van der Waals surface area contributed by atoms with E-state index >= 15 is 0 Å². The smallest absolute Gasteiger partial charge is 0.257 e. The van der Waals surface area contributed by atoms with Crippen LogP contribution in [0.1, 0.15) is 28.4 Å². The van der Waals surface area contributed by atoms with Crippen LogP contribution in [-0.2, 0) is 14.3 Å². The van der Waals surface area contributed by atoms with Crippen LogP contribution in [0.25, 0.3) is 0 Å². The lowest BCUT2D eigenvalue weighted by molar-refractivity contribution is -0.132. The van der Waals surface area contributed by atoms with Crippen LogP contribution in [0.15, 0.2) is 60.7 Å². The summed E-state index contributed by atoms with van der Waals surface area (Å²) in [5.41, 5.74) is 6.14. The van der Waals surface area contributed by atoms with Gasteiger partial charge in [-0.05, 0) is 24.1 Å². The number of carbonyl (C=O) groups is 3. The van der Waals surface area contributed by atoms with E-state index in [1.54, 1.807) is 30.3 Å². The topological polar surface area (TPSA) is 96.5 Å². The lowest BCUT2D eigenvalue weighted by Gasteiger charge is -2.18. The van der Waals surface area contributed by atoms with Crippen molar-refractivity contribution in [3.8, 4) is 0 Å². The van der Waals surface area contributed by atoms with Crippen molar-refractivity contribution in [1.82, 2.24) is 16.2 Å². The molecule has 0 aromatic heterocycles. The Balaban J connectivity index is 1.46. The van der Waals surface area contributed by atoms with Gasteiger partial charge in [0.1, 0.15) is 0 Å². The summed E-state index contributed by atoms with van der Waals surface area (Å²) in [6, 6.07) is 18.1. The minimum Gasteiger partial charge on any atom is -0.373 e. The third-order valence-electron chi connectivity index (χ3n) is 4.33. The molecule has 1 aliphatic heterocycles. The van der Waals surface area contributed by atoms with E-state index in [1.165, 1.54) is 0 Å². The molecule has 7 nitrogen and oxygen atoms in total. The number of amides is 3. The van der Waals surface area contributed by atoms with Gasteiger partial charge < -0.3 is 10.1 Å². The van der Waals surface area contributed by atoms with Gasteiger partial charge in [0, 0.05) is 12.2 Å². The monoisotopic (exact) mass is 367 g/mol. The number of hydrogen-bond acceptors (Lipinski definition) is 4. The van der Waals surface area contributed by atoms with Crippen molar-refractivity contribution in [3.05, 3.63) is 71.8 Å².